The molecule has 0 aromatic heterocycles. The summed E-state index contributed by atoms with van der Waals surface area (Å²) in [7, 11) is 0. The summed E-state index contributed by atoms with van der Waals surface area (Å²) in [5.74, 6) is 0.0496. The zero-order chi connectivity index (χ0) is 18.9. The molecule has 0 fully saturated rings. The van der Waals surface area contributed by atoms with Crippen molar-refractivity contribution in [3.05, 3.63) is 71.8 Å². The molecule has 0 spiro atoms. The average Bonchev–Trinajstić information content (AvgIpc) is 2.65. The molecule has 136 valence electrons. The molecular weight excluding hydrogens is 332 g/mol. The fraction of sp³-hybridized carbons (Fsp3) is 0.200. The zero-order valence-corrected chi connectivity index (χ0v) is 14.9. The minimum absolute atomic E-state index is 0.211. The van der Waals surface area contributed by atoms with Crippen LogP contribution >= 0.6 is 0 Å². The van der Waals surface area contributed by atoms with Crippen molar-refractivity contribution in [2.24, 2.45) is 0 Å². The van der Waals surface area contributed by atoms with Crippen molar-refractivity contribution in [3.8, 4) is 11.5 Å². The maximum atomic E-state index is 12.2. The summed E-state index contributed by atoms with van der Waals surface area (Å²) in [6, 6.07) is 12.3. The highest BCUT2D eigenvalue weighted by molar-refractivity contribution is 5.97. The molecule has 0 aliphatic heterocycles. The van der Waals surface area contributed by atoms with Gasteiger partial charge in [-0.3, -0.25) is 20.4 Å². The van der Waals surface area contributed by atoms with Crippen LogP contribution in [0, 0.1) is 13.8 Å². The van der Waals surface area contributed by atoms with Gasteiger partial charge in [0.1, 0.15) is 18.1 Å². The Balaban J connectivity index is 1.86. The number of para-hydroxylation sites is 1. The summed E-state index contributed by atoms with van der Waals surface area (Å²) in [5, 5.41) is 0. The van der Waals surface area contributed by atoms with Gasteiger partial charge < -0.3 is 9.47 Å². The number of ether oxygens (including phenoxy) is 2. The quantitative estimate of drug-likeness (QED) is 0.592. The van der Waals surface area contributed by atoms with Gasteiger partial charge in [0, 0.05) is 0 Å². The van der Waals surface area contributed by atoms with Crippen molar-refractivity contribution in [2.45, 2.75) is 13.8 Å². The fourth-order valence-corrected chi connectivity index (χ4v) is 2.11. The predicted octanol–water partition coefficient (Wildman–Crippen LogP) is 2.71. The number of carbonyl (C=O) groups is 2. The molecule has 2 aromatic carbocycles. The first-order valence-electron chi connectivity index (χ1n) is 8.13. The van der Waals surface area contributed by atoms with Crippen LogP contribution in [0.25, 0.3) is 0 Å². The van der Waals surface area contributed by atoms with Crippen LogP contribution in [-0.2, 0) is 4.79 Å². The van der Waals surface area contributed by atoms with Gasteiger partial charge in [-0.2, -0.15) is 0 Å². The molecule has 0 unspecified atom stereocenters. The molecule has 0 aliphatic rings. The normalized spacial score (nSPS) is 9.92. The van der Waals surface area contributed by atoms with Gasteiger partial charge in [0.25, 0.3) is 11.8 Å². The molecule has 0 aliphatic carbocycles. The topological polar surface area (TPSA) is 76.7 Å². The highest BCUT2D eigenvalue weighted by Crippen LogP contribution is 2.18. The molecule has 0 saturated carbocycles. The lowest BCUT2D eigenvalue weighted by Crippen LogP contribution is -2.43. The number of hydrogen-bond acceptors (Lipinski definition) is 4. The van der Waals surface area contributed by atoms with Crippen molar-refractivity contribution in [1.29, 1.82) is 0 Å². The van der Waals surface area contributed by atoms with Gasteiger partial charge in [0.05, 0.1) is 5.56 Å². The predicted molar refractivity (Wildman–Crippen MR) is 99.2 cm³/mol. The minimum Gasteiger partial charge on any atom is -0.489 e. The van der Waals surface area contributed by atoms with E-state index in [4.69, 9.17) is 9.47 Å². The summed E-state index contributed by atoms with van der Waals surface area (Å²) >= 11 is 0. The maximum absolute atomic E-state index is 12.2. The smallest absolute Gasteiger partial charge is 0.276 e. The monoisotopic (exact) mass is 354 g/mol. The van der Waals surface area contributed by atoms with Crippen LogP contribution in [0.15, 0.2) is 55.1 Å². The molecule has 26 heavy (non-hydrogen) atoms. The number of amides is 2. The van der Waals surface area contributed by atoms with Crippen LogP contribution in [0.2, 0.25) is 0 Å². The molecule has 6 nitrogen and oxygen atoms in total. The van der Waals surface area contributed by atoms with E-state index in [1.54, 1.807) is 36.4 Å². The summed E-state index contributed by atoms with van der Waals surface area (Å²) in [4.78, 5) is 24.1. The Kier molecular flexibility index (Phi) is 6.79. The van der Waals surface area contributed by atoms with Crippen molar-refractivity contribution in [3.63, 3.8) is 0 Å². The van der Waals surface area contributed by atoms with E-state index in [0.29, 0.717) is 17.1 Å². The zero-order valence-electron chi connectivity index (χ0n) is 14.9. The van der Waals surface area contributed by atoms with Gasteiger partial charge in [-0.15, -0.1) is 0 Å². The molecule has 6 heteroatoms. The molecule has 2 amide bonds. The Labute approximate surface area is 152 Å². The molecule has 0 heterocycles. The third-order valence-electron chi connectivity index (χ3n) is 3.65. The largest absolute Gasteiger partial charge is 0.489 e. The third-order valence-corrected chi connectivity index (χ3v) is 3.65. The first-order chi connectivity index (χ1) is 12.5. The van der Waals surface area contributed by atoms with Crippen LogP contribution in [0.3, 0.4) is 0 Å². The molecule has 0 radical (unpaired) electrons. The number of nitrogens with one attached hydrogen (secondary N) is 2. The van der Waals surface area contributed by atoms with E-state index < -0.39 is 11.8 Å². The standard InChI is InChI=1S/C20H22N2O4/c1-4-11-25-18-8-6-5-7-17(18)20(24)22-21-19(23)13-26-16-10-9-14(2)15(3)12-16/h4-10,12H,1,11,13H2,2-3H3,(H,21,23)(H,22,24). The number of carbonyl (C=O) groups excluding carboxylic acids is 2. The van der Waals surface area contributed by atoms with Crippen LogP contribution < -0.4 is 20.3 Å². The lowest BCUT2D eigenvalue weighted by molar-refractivity contribution is -0.123. The van der Waals surface area contributed by atoms with Crippen molar-refractivity contribution in [2.75, 3.05) is 13.2 Å². The van der Waals surface area contributed by atoms with Crippen molar-refractivity contribution in [1.82, 2.24) is 10.9 Å². The molecule has 2 N–H and O–H groups in total. The average molecular weight is 354 g/mol. The first kappa shape index (κ1) is 19.1. The number of aryl methyl sites for hydroxylation is 2. The summed E-state index contributed by atoms with van der Waals surface area (Å²) in [6.45, 7) is 7.60. The van der Waals surface area contributed by atoms with E-state index in [2.05, 4.69) is 17.4 Å². The van der Waals surface area contributed by atoms with Crippen LogP contribution in [0.5, 0.6) is 11.5 Å². The van der Waals surface area contributed by atoms with Gasteiger partial charge in [0.2, 0.25) is 0 Å². The van der Waals surface area contributed by atoms with E-state index >= 15 is 0 Å². The number of hydrogen-bond donors (Lipinski definition) is 2. The van der Waals surface area contributed by atoms with Gasteiger partial charge in [-0.05, 0) is 49.2 Å². The number of rotatable bonds is 7. The van der Waals surface area contributed by atoms with E-state index in [-0.39, 0.29) is 13.2 Å². The van der Waals surface area contributed by atoms with Crippen LogP contribution in [0.1, 0.15) is 21.5 Å². The highest BCUT2D eigenvalue weighted by atomic mass is 16.5. The SMILES string of the molecule is C=CCOc1ccccc1C(=O)NNC(=O)COc1ccc(C)c(C)c1. The Morgan fingerprint density at radius 1 is 1.04 bits per heavy atom. The molecule has 2 rings (SSSR count). The van der Waals surface area contributed by atoms with Gasteiger partial charge in [-0.1, -0.05) is 30.9 Å². The third kappa shape index (κ3) is 5.37. The fourth-order valence-electron chi connectivity index (χ4n) is 2.11. The number of benzene rings is 2. The summed E-state index contributed by atoms with van der Waals surface area (Å²) in [6.07, 6.45) is 1.58. The number of hydrazine groups is 1. The Hall–Kier alpha value is -3.28. The van der Waals surface area contributed by atoms with Crippen LogP contribution in [0.4, 0.5) is 0 Å². The van der Waals surface area contributed by atoms with Crippen LogP contribution in [-0.4, -0.2) is 25.0 Å². The van der Waals surface area contributed by atoms with E-state index in [0.717, 1.165) is 11.1 Å². The maximum Gasteiger partial charge on any atom is 0.276 e. The van der Waals surface area contributed by atoms with Crippen molar-refractivity contribution >= 4 is 11.8 Å². The van der Waals surface area contributed by atoms with Crippen molar-refractivity contribution < 1.29 is 19.1 Å². The van der Waals surface area contributed by atoms with Gasteiger partial charge >= 0.3 is 0 Å². The second-order valence-electron chi connectivity index (χ2n) is 5.63. The highest BCUT2D eigenvalue weighted by Gasteiger charge is 2.13. The molecule has 0 atom stereocenters. The lowest BCUT2D eigenvalue weighted by atomic mass is 10.1. The van der Waals surface area contributed by atoms with E-state index in [1.807, 2.05) is 26.0 Å². The van der Waals surface area contributed by atoms with Gasteiger partial charge in [0.15, 0.2) is 6.61 Å². The first-order valence-corrected chi connectivity index (χ1v) is 8.13. The van der Waals surface area contributed by atoms with Gasteiger partial charge in [-0.25, -0.2) is 0 Å². The molecule has 2 aromatic rings. The second kappa shape index (κ2) is 9.27. The minimum atomic E-state index is -0.482. The van der Waals surface area contributed by atoms with E-state index in [1.165, 1.54) is 0 Å². The molecule has 0 bridgehead atoms. The molecular formula is C20H22N2O4. The summed E-state index contributed by atoms with van der Waals surface area (Å²) < 4.78 is 10.8. The second-order valence-corrected chi connectivity index (χ2v) is 5.63. The molecule has 0 saturated heterocycles. The Bertz CT molecular complexity index is 802. The summed E-state index contributed by atoms with van der Waals surface area (Å²) in [5.41, 5.74) is 7.20. The lowest BCUT2D eigenvalue weighted by Gasteiger charge is -2.12. The Morgan fingerprint density at radius 3 is 2.54 bits per heavy atom. The van der Waals surface area contributed by atoms with E-state index in [9.17, 15) is 9.59 Å². The Morgan fingerprint density at radius 2 is 1.81 bits per heavy atom.